The van der Waals surface area contributed by atoms with Crippen molar-refractivity contribution in [2.24, 2.45) is 0 Å². The standard InChI is InChI=1S/C16H17N3O2S/c1-2-7-17-16-18-9-13(22-16)15(21)19-14-11-6-4-3-5-10(11)8-12(14)20/h2-6,9,12,14,20H,1,7-8H2,(H,17,18)(H,19,21). The van der Waals surface area contributed by atoms with Crippen molar-refractivity contribution in [1.82, 2.24) is 10.3 Å². The van der Waals surface area contributed by atoms with Crippen LogP contribution in [0.5, 0.6) is 0 Å². The SMILES string of the molecule is C=CCNc1ncc(C(=O)NC2c3ccccc3CC2O)s1. The number of hydrogen-bond acceptors (Lipinski definition) is 5. The van der Waals surface area contributed by atoms with Gasteiger partial charge < -0.3 is 15.7 Å². The lowest BCUT2D eigenvalue weighted by Crippen LogP contribution is -2.33. The Labute approximate surface area is 132 Å². The number of fused-ring (bicyclic) bond motifs is 1. The van der Waals surface area contributed by atoms with E-state index in [0.29, 0.717) is 23.0 Å². The van der Waals surface area contributed by atoms with E-state index in [1.54, 1.807) is 12.3 Å². The van der Waals surface area contributed by atoms with Gasteiger partial charge >= 0.3 is 0 Å². The van der Waals surface area contributed by atoms with Gasteiger partial charge in [0.25, 0.3) is 5.91 Å². The first-order valence-electron chi connectivity index (χ1n) is 7.06. The zero-order valence-corrected chi connectivity index (χ0v) is 12.8. The maximum Gasteiger partial charge on any atom is 0.263 e. The number of carbonyl (C=O) groups excluding carboxylic acids is 1. The lowest BCUT2D eigenvalue weighted by atomic mass is 10.1. The second kappa shape index (κ2) is 6.29. The summed E-state index contributed by atoms with van der Waals surface area (Å²) in [5.41, 5.74) is 2.07. The number of aliphatic hydroxyl groups is 1. The molecule has 0 aliphatic heterocycles. The third kappa shape index (κ3) is 2.88. The van der Waals surface area contributed by atoms with E-state index < -0.39 is 6.10 Å². The second-order valence-corrected chi connectivity index (χ2v) is 6.15. The Morgan fingerprint density at radius 3 is 3.14 bits per heavy atom. The molecule has 1 aliphatic rings. The van der Waals surface area contributed by atoms with E-state index in [0.717, 1.165) is 11.1 Å². The number of benzene rings is 1. The molecule has 2 unspecified atom stereocenters. The van der Waals surface area contributed by atoms with Gasteiger partial charge in [-0.15, -0.1) is 6.58 Å². The summed E-state index contributed by atoms with van der Waals surface area (Å²) in [7, 11) is 0. The van der Waals surface area contributed by atoms with Gasteiger partial charge in [-0.3, -0.25) is 4.79 Å². The molecule has 2 atom stereocenters. The summed E-state index contributed by atoms with van der Waals surface area (Å²) in [5, 5.41) is 16.8. The molecular weight excluding hydrogens is 298 g/mol. The molecule has 6 heteroatoms. The van der Waals surface area contributed by atoms with Crippen LogP contribution in [0.1, 0.15) is 26.8 Å². The molecule has 1 heterocycles. The van der Waals surface area contributed by atoms with E-state index in [-0.39, 0.29) is 11.9 Å². The van der Waals surface area contributed by atoms with Crippen LogP contribution in [-0.2, 0) is 6.42 Å². The molecule has 0 saturated carbocycles. The fraction of sp³-hybridized carbons (Fsp3) is 0.250. The van der Waals surface area contributed by atoms with Gasteiger partial charge in [-0.2, -0.15) is 0 Å². The highest BCUT2D eigenvalue weighted by molar-refractivity contribution is 7.17. The number of nitrogens with one attached hydrogen (secondary N) is 2. The summed E-state index contributed by atoms with van der Waals surface area (Å²) in [5.74, 6) is -0.218. The topological polar surface area (TPSA) is 74.2 Å². The Morgan fingerprint density at radius 2 is 2.32 bits per heavy atom. The Morgan fingerprint density at radius 1 is 1.50 bits per heavy atom. The number of anilines is 1. The van der Waals surface area contributed by atoms with Gasteiger partial charge in [0.15, 0.2) is 5.13 Å². The quantitative estimate of drug-likeness (QED) is 0.739. The predicted molar refractivity (Wildman–Crippen MR) is 87.2 cm³/mol. The maximum atomic E-state index is 12.3. The van der Waals surface area contributed by atoms with Crippen LogP contribution >= 0.6 is 11.3 Å². The number of nitrogens with zero attached hydrogens (tertiary/aromatic N) is 1. The molecule has 114 valence electrons. The summed E-state index contributed by atoms with van der Waals surface area (Å²) >= 11 is 1.28. The summed E-state index contributed by atoms with van der Waals surface area (Å²) in [6.07, 6.45) is 3.24. The predicted octanol–water partition coefficient (Wildman–Crippen LogP) is 2.13. The van der Waals surface area contributed by atoms with E-state index in [1.165, 1.54) is 11.3 Å². The van der Waals surface area contributed by atoms with E-state index in [1.807, 2.05) is 24.3 Å². The van der Waals surface area contributed by atoms with Crippen molar-refractivity contribution >= 4 is 22.4 Å². The van der Waals surface area contributed by atoms with Gasteiger partial charge in [-0.1, -0.05) is 41.7 Å². The molecule has 0 spiro atoms. The molecule has 3 rings (SSSR count). The van der Waals surface area contributed by atoms with Gasteiger partial charge in [0.1, 0.15) is 4.88 Å². The van der Waals surface area contributed by atoms with E-state index >= 15 is 0 Å². The van der Waals surface area contributed by atoms with E-state index in [9.17, 15) is 9.90 Å². The number of rotatable bonds is 5. The molecule has 0 fully saturated rings. The van der Waals surface area contributed by atoms with Crippen molar-refractivity contribution in [3.05, 3.63) is 59.1 Å². The lowest BCUT2D eigenvalue weighted by Gasteiger charge is -2.17. The van der Waals surface area contributed by atoms with Gasteiger partial charge in [-0.25, -0.2) is 4.98 Å². The minimum Gasteiger partial charge on any atom is -0.390 e. The minimum atomic E-state index is -0.590. The smallest absolute Gasteiger partial charge is 0.263 e. The van der Waals surface area contributed by atoms with Crippen LogP contribution in [0, 0.1) is 0 Å². The van der Waals surface area contributed by atoms with Crippen LogP contribution in [0.3, 0.4) is 0 Å². The number of aliphatic hydroxyl groups excluding tert-OH is 1. The van der Waals surface area contributed by atoms with Crippen LogP contribution in [0.4, 0.5) is 5.13 Å². The molecule has 1 aliphatic carbocycles. The molecule has 1 aromatic heterocycles. The zero-order valence-electron chi connectivity index (χ0n) is 12.0. The van der Waals surface area contributed by atoms with Crippen LogP contribution in [0.25, 0.3) is 0 Å². The monoisotopic (exact) mass is 315 g/mol. The van der Waals surface area contributed by atoms with E-state index in [2.05, 4.69) is 22.2 Å². The molecule has 2 aromatic rings. The highest BCUT2D eigenvalue weighted by Gasteiger charge is 2.32. The highest BCUT2D eigenvalue weighted by atomic mass is 32.1. The fourth-order valence-electron chi connectivity index (χ4n) is 2.58. The Hall–Kier alpha value is -2.18. The summed E-state index contributed by atoms with van der Waals surface area (Å²) in [6.45, 7) is 4.22. The van der Waals surface area contributed by atoms with Crippen LogP contribution < -0.4 is 10.6 Å². The normalized spacial score (nSPS) is 19.5. The average Bonchev–Trinajstić information content (AvgIpc) is 3.11. The van der Waals surface area contributed by atoms with Gasteiger partial charge in [0, 0.05) is 13.0 Å². The lowest BCUT2D eigenvalue weighted by molar-refractivity contribution is 0.0862. The van der Waals surface area contributed by atoms with Crippen LogP contribution in [0.2, 0.25) is 0 Å². The van der Waals surface area contributed by atoms with Crippen LogP contribution in [0.15, 0.2) is 43.1 Å². The third-order valence-electron chi connectivity index (χ3n) is 3.62. The molecule has 5 nitrogen and oxygen atoms in total. The molecular formula is C16H17N3O2S. The largest absolute Gasteiger partial charge is 0.390 e. The zero-order chi connectivity index (χ0) is 15.5. The maximum absolute atomic E-state index is 12.3. The molecule has 0 bridgehead atoms. The first-order chi connectivity index (χ1) is 10.7. The van der Waals surface area contributed by atoms with Gasteiger partial charge in [0.2, 0.25) is 0 Å². The van der Waals surface area contributed by atoms with Crippen molar-refractivity contribution < 1.29 is 9.90 Å². The minimum absolute atomic E-state index is 0.218. The Balaban J connectivity index is 1.71. The Bertz CT molecular complexity index is 698. The number of amides is 1. The molecule has 1 amide bonds. The van der Waals surface area contributed by atoms with Crippen molar-refractivity contribution in [2.45, 2.75) is 18.6 Å². The van der Waals surface area contributed by atoms with Gasteiger partial charge in [0.05, 0.1) is 18.3 Å². The molecule has 3 N–H and O–H groups in total. The number of carbonyl (C=O) groups is 1. The van der Waals surface area contributed by atoms with Crippen LogP contribution in [-0.4, -0.2) is 28.6 Å². The summed E-state index contributed by atoms with van der Waals surface area (Å²) in [6, 6.07) is 7.42. The second-order valence-electron chi connectivity index (χ2n) is 5.12. The third-order valence-corrected chi connectivity index (χ3v) is 4.57. The number of aromatic nitrogens is 1. The number of hydrogen-bond donors (Lipinski definition) is 3. The average molecular weight is 315 g/mol. The molecule has 1 aromatic carbocycles. The van der Waals surface area contributed by atoms with Crippen molar-refractivity contribution in [3.63, 3.8) is 0 Å². The summed E-state index contributed by atoms with van der Waals surface area (Å²) in [4.78, 5) is 17.0. The first-order valence-corrected chi connectivity index (χ1v) is 7.88. The number of thiazole rings is 1. The molecule has 22 heavy (non-hydrogen) atoms. The molecule has 0 radical (unpaired) electrons. The fourth-order valence-corrected chi connectivity index (χ4v) is 3.31. The first kappa shape index (κ1) is 14.7. The Kier molecular flexibility index (Phi) is 4.22. The summed E-state index contributed by atoms with van der Waals surface area (Å²) < 4.78 is 0. The van der Waals surface area contributed by atoms with Crippen molar-refractivity contribution in [3.8, 4) is 0 Å². The highest BCUT2D eigenvalue weighted by Crippen LogP contribution is 2.31. The van der Waals surface area contributed by atoms with Crippen molar-refractivity contribution in [2.75, 3.05) is 11.9 Å². The van der Waals surface area contributed by atoms with E-state index in [4.69, 9.17) is 0 Å². The molecule has 0 saturated heterocycles. The van der Waals surface area contributed by atoms with Gasteiger partial charge in [-0.05, 0) is 11.1 Å². The van der Waals surface area contributed by atoms with Crippen molar-refractivity contribution in [1.29, 1.82) is 0 Å².